The van der Waals surface area contributed by atoms with Gasteiger partial charge in [0.1, 0.15) is 0 Å². The van der Waals surface area contributed by atoms with E-state index in [4.69, 9.17) is 0 Å². The molecule has 9 aromatic carbocycles. The quantitative estimate of drug-likeness (QED) is 0.157. The highest BCUT2D eigenvalue weighted by atomic mass is 32.1. The number of thiophene rings is 4. The standard InChI is InChI=1S/C54H28BNS4/c1-5-18-41-31(11-1)32-16-9-15-30(54(32)60-41)29-27-36-48-37(23-25-46-50(48)34-13-3-7-20-43(34)58-46)55-38-24-26-47-51(35-14-4-8-21-44(35)59-47)53(38)56(40(28-29)52(36)55)39-17-10-22-45-49(39)33-12-2-6-19-42(33)57-45/h1-28H. The van der Waals surface area contributed by atoms with E-state index in [2.05, 4.69) is 175 Å². The Bertz CT molecular complexity index is 4050. The van der Waals surface area contributed by atoms with Crippen molar-refractivity contribution in [3.8, 4) is 22.3 Å². The molecule has 0 spiro atoms. The van der Waals surface area contributed by atoms with Gasteiger partial charge in [-0.05, 0) is 93.8 Å². The van der Waals surface area contributed by atoms with Crippen molar-refractivity contribution >= 4 is 166 Å². The van der Waals surface area contributed by atoms with Gasteiger partial charge in [-0.2, -0.15) is 0 Å². The molecular formula is C54H28BNS4. The molecule has 0 fully saturated rings. The Morgan fingerprint density at radius 3 is 1.65 bits per heavy atom. The molecule has 4 aromatic heterocycles. The molecule has 276 valence electrons. The van der Waals surface area contributed by atoms with Gasteiger partial charge in [-0.15, -0.1) is 45.3 Å². The average Bonchev–Trinajstić information content (AvgIpc) is 4.11. The van der Waals surface area contributed by atoms with Crippen molar-refractivity contribution in [2.45, 2.75) is 0 Å². The van der Waals surface area contributed by atoms with Crippen LogP contribution in [0.5, 0.6) is 0 Å². The van der Waals surface area contributed by atoms with Gasteiger partial charge in [0.05, 0.1) is 11.4 Å². The Morgan fingerprint density at radius 1 is 0.367 bits per heavy atom. The van der Waals surface area contributed by atoms with Crippen LogP contribution in [-0.4, -0.2) is 6.71 Å². The number of nitrogens with zero attached hydrogens (tertiary/aromatic N) is 1. The van der Waals surface area contributed by atoms with Crippen LogP contribution < -0.4 is 21.3 Å². The van der Waals surface area contributed by atoms with Gasteiger partial charge in [0.2, 0.25) is 6.71 Å². The molecule has 13 aromatic rings. The first-order valence-electron chi connectivity index (χ1n) is 20.4. The molecule has 0 saturated heterocycles. The fraction of sp³-hybridized carbons (Fsp3) is 0. The normalized spacial score (nSPS) is 13.3. The van der Waals surface area contributed by atoms with E-state index in [1.807, 2.05) is 45.3 Å². The molecule has 0 unspecified atom stereocenters. The van der Waals surface area contributed by atoms with Crippen LogP contribution in [0.15, 0.2) is 170 Å². The second kappa shape index (κ2) is 11.7. The molecule has 60 heavy (non-hydrogen) atoms. The van der Waals surface area contributed by atoms with Crippen molar-refractivity contribution in [3.63, 3.8) is 0 Å². The number of anilines is 3. The van der Waals surface area contributed by atoms with Crippen molar-refractivity contribution in [2.24, 2.45) is 0 Å². The minimum absolute atomic E-state index is 0.0926. The lowest BCUT2D eigenvalue weighted by Crippen LogP contribution is -2.54. The molecule has 15 rings (SSSR count). The second-order valence-corrected chi connectivity index (χ2v) is 20.5. The van der Waals surface area contributed by atoms with Crippen molar-refractivity contribution in [1.82, 2.24) is 0 Å². The maximum atomic E-state index is 2.71. The van der Waals surface area contributed by atoms with Gasteiger partial charge < -0.3 is 4.90 Å². The molecule has 6 heterocycles. The number of hydrogen-bond acceptors (Lipinski definition) is 5. The van der Waals surface area contributed by atoms with Crippen LogP contribution in [0.3, 0.4) is 0 Å². The topological polar surface area (TPSA) is 3.24 Å². The summed E-state index contributed by atoms with van der Waals surface area (Å²) in [6, 6.07) is 64.8. The number of fused-ring (bicyclic) bond motifs is 19. The molecule has 0 radical (unpaired) electrons. The molecule has 0 amide bonds. The fourth-order valence-corrected chi connectivity index (χ4v) is 15.5. The van der Waals surface area contributed by atoms with Gasteiger partial charge in [-0.1, -0.05) is 115 Å². The lowest BCUT2D eigenvalue weighted by atomic mass is 9.37. The van der Waals surface area contributed by atoms with E-state index in [-0.39, 0.29) is 6.71 Å². The van der Waals surface area contributed by atoms with E-state index in [9.17, 15) is 0 Å². The Morgan fingerprint density at radius 2 is 0.917 bits per heavy atom. The van der Waals surface area contributed by atoms with Gasteiger partial charge in [-0.25, -0.2) is 0 Å². The first-order valence-corrected chi connectivity index (χ1v) is 23.7. The molecule has 2 aliphatic heterocycles. The summed E-state index contributed by atoms with van der Waals surface area (Å²) >= 11 is 7.66. The SMILES string of the molecule is c1ccc2c(c1)sc1c(-c3cc4c5c(c3)N(c3cccc6sc7ccccc7c36)c3c(ccc6sc7ccccc7c36)B5c3ccc5sc6ccccc6c5c3-4)cccc12. The van der Waals surface area contributed by atoms with Crippen LogP contribution in [0.25, 0.3) is 103 Å². The van der Waals surface area contributed by atoms with E-state index >= 15 is 0 Å². The molecule has 0 aliphatic carbocycles. The van der Waals surface area contributed by atoms with Crippen LogP contribution in [0, 0.1) is 0 Å². The largest absolute Gasteiger partial charge is 0.310 e. The molecule has 0 N–H and O–H groups in total. The highest BCUT2D eigenvalue weighted by Crippen LogP contribution is 2.53. The predicted octanol–water partition coefficient (Wildman–Crippen LogP) is 15.1. The summed E-state index contributed by atoms with van der Waals surface area (Å²) in [4.78, 5) is 2.71. The van der Waals surface area contributed by atoms with Crippen LogP contribution in [0.2, 0.25) is 0 Å². The Labute approximate surface area is 360 Å². The number of rotatable bonds is 2. The summed E-state index contributed by atoms with van der Waals surface area (Å²) in [5, 5.41) is 10.7. The lowest BCUT2D eigenvalue weighted by molar-refractivity contribution is 1.33. The van der Waals surface area contributed by atoms with Crippen molar-refractivity contribution < 1.29 is 0 Å². The molecule has 6 heteroatoms. The smallest absolute Gasteiger partial charge is 0.248 e. The predicted molar refractivity (Wildman–Crippen MR) is 268 cm³/mol. The van der Waals surface area contributed by atoms with E-state index in [0.717, 1.165) is 0 Å². The van der Waals surface area contributed by atoms with E-state index in [1.165, 1.54) is 136 Å². The minimum Gasteiger partial charge on any atom is -0.310 e. The van der Waals surface area contributed by atoms with Crippen molar-refractivity contribution in [1.29, 1.82) is 0 Å². The van der Waals surface area contributed by atoms with Crippen LogP contribution >= 0.6 is 45.3 Å². The van der Waals surface area contributed by atoms with Gasteiger partial charge in [0, 0.05) is 86.4 Å². The highest BCUT2D eigenvalue weighted by molar-refractivity contribution is 7.27. The van der Waals surface area contributed by atoms with Crippen molar-refractivity contribution in [2.75, 3.05) is 4.90 Å². The third kappa shape index (κ3) is 4.12. The summed E-state index contributed by atoms with van der Waals surface area (Å²) in [6.45, 7) is 0.0926. The van der Waals surface area contributed by atoms with Crippen molar-refractivity contribution in [3.05, 3.63) is 170 Å². The third-order valence-electron chi connectivity index (χ3n) is 13.3. The summed E-state index contributed by atoms with van der Waals surface area (Å²) < 4.78 is 10.7. The summed E-state index contributed by atoms with van der Waals surface area (Å²) in [5.41, 5.74) is 13.4. The third-order valence-corrected chi connectivity index (χ3v) is 17.9. The van der Waals surface area contributed by atoms with Crippen LogP contribution in [0.4, 0.5) is 17.1 Å². The second-order valence-electron chi connectivity index (χ2n) is 16.2. The van der Waals surface area contributed by atoms with Gasteiger partial charge in [0.25, 0.3) is 0 Å². The molecule has 0 atom stereocenters. The van der Waals surface area contributed by atoms with E-state index in [0.29, 0.717) is 0 Å². The molecule has 2 aliphatic rings. The van der Waals surface area contributed by atoms with Gasteiger partial charge >= 0.3 is 0 Å². The summed E-state index contributed by atoms with van der Waals surface area (Å²) in [5.74, 6) is 0. The first kappa shape index (κ1) is 32.6. The van der Waals surface area contributed by atoms with Gasteiger partial charge in [-0.3, -0.25) is 0 Å². The Hall–Kier alpha value is -6.28. The molecule has 1 nitrogen and oxygen atoms in total. The molecule has 0 bridgehead atoms. The number of hydrogen-bond donors (Lipinski definition) is 0. The Kier molecular flexibility index (Phi) is 6.36. The maximum absolute atomic E-state index is 2.71. The molecule has 0 saturated carbocycles. The fourth-order valence-electron chi connectivity index (χ4n) is 10.9. The Balaban J connectivity index is 1.16. The zero-order valence-electron chi connectivity index (χ0n) is 31.8. The average molecular weight is 830 g/mol. The monoisotopic (exact) mass is 829 g/mol. The zero-order valence-corrected chi connectivity index (χ0v) is 35.1. The van der Waals surface area contributed by atoms with Crippen LogP contribution in [0.1, 0.15) is 0 Å². The van der Waals surface area contributed by atoms with E-state index in [1.54, 1.807) is 0 Å². The highest BCUT2D eigenvalue weighted by Gasteiger charge is 2.45. The molecular weight excluding hydrogens is 802 g/mol. The first-order chi connectivity index (χ1) is 29.8. The lowest BCUT2D eigenvalue weighted by Gasteiger charge is -2.37. The minimum atomic E-state index is 0.0926. The summed E-state index contributed by atoms with van der Waals surface area (Å²) in [6.07, 6.45) is 0. The summed E-state index contributed by atoms with van der Waals surface area (Å²) in [7, 11) is 0. The van der Waals surface area contributed by atoms with Crippen LogP contribution in [-0.2, 0) is 0 Å². The van der Waals surface area contributed by atoms with Gasteiger partial charge in [0.15, 0.2) is 0 Å². The zero-order chi connectivity index (χ0) is 38.8. The number of benzene rings is 9. The maximum Gasteiger partial charge on any atom is 0.248 e. The van der Waals surface area contributed by atoms with E-state index < -0.39 is 0 Å².